The van der Waals surface area contributed by atoms with Crippen LogP contribution in [-0.2, 0) is 6.18 Å². The van der Waals surface area contributed by atoms with Crippen LogP contribution in [0.5, 0.6) is 0 Å². The average molecular weight is 427 g/mol. The number of aromatic nitrogens is 1. The molecule has 7 heteroatoms. The lowest BCUT2D eigenvalue weighted by Crippen LogP contribution is -2.41. The highest BCUT2D eigenvalue weighted by Crippen LogP contribution is 2.32. The standard InChI is InChI=1S/C24H24F3N3O/c1-15-7-2-4-11-20(15)30-23(31)19-14-22(29-21-12-5-3-10-18(19)21)28-17-9-6-8-16(13-17)24(25,26)27/h3,5-6,8-10,12-15,20H,2,4,7,11H2,1H3,(H,28,29)(H,30,31)/t15-,20+/m0/s1. The number of fused-ring (bicyclic) bond motifs is 1. The van der Waals surface area contributed by atoms with Crippen LogP contribution in [0.25, 0.3) is 10.9 Å². The summed E-state index contributed by atoms with van der Waals surface area (Å²) in [5.41, 5.74) is 0.562. The summed E-state index contributed by atoms with van der Waals surface area (Å²) in [5, 5.41) is 6.79. The molecule has 2 aromatic carbocycles. The van der Waals surface area contributed by atoms with Crippen molar-refractivity contribution in [3.05, 3.63) is 65.7 Å². The summed E-state index contributed by atoms with van der Waals surface area (Å²) in [6.07, 6.45) is -0.128. The van der Waals surface area contributed by atoms with Crippen molar-refractivity contribution in [3.63, 3.8) is 0 Å². The molecule has 1 heterocycles. The Morgan fingerprint density at radius 3 is 2.58 bits per heavy atom. The van der Waals surface area contributed by atoms with Gasteiger partial charge in [0.2, 0.25) is 0 Å². The smallest absolute Gasteiger partial charge is 0.349 e. The Balaban J connectivity index is 1.66. The molecular formula is C24H24F3N3O. The Hall–Kier alpha value is -3.09. The monoisotopic (exact) mass is 427 g/mol. The minimum atomic E-state index is -4.43. The van der Waals surface area contributed by atoms with Crippen LogP contribution in [0.3, 0.4) is 0 Å². The van der Waals surface area contributed by atoms with Crippen molar-refractivity contribution >= 4 is 28.3 Å². The summed E-state index contributed by atoms with van der Waals surface area (Å²) in [7, 11) is 0. The van der Waals surface area contributed by atoms with Crippen molar-refractivity contribution in [2.45, 2.75) is 44.8 Å². The van der Waals surface area contributed by atoms with Crippen molar-refractivity contribution in [1.29, 1.82) is 0 Å². The predicted molar refractivity (Wildman–Crippen MR) is 115 cm³/mol. The Labute approximate surface area is 178 Å². The molecule has 162 valence electrons. The molecule has 0 unspecified atom stereocenters. The number of hydrogen-bond donors (Lipinski definition) is 2. The largest absolute Gasteiger partial charge is 0.416 e. The first-order valence-electron chi connectivity index (χ1n) is 10.5. The van der Waals surface area contributed by atoms with E-state index in [2.05, 4.69) is 22.5 Å². The van der Waals surface area contributed by atoms with Crippen molar-refractivity contribution in [1.82, 2.24) is 10.3 Å². The zero-order valence-corrected chi connectivity index (χ0v) is 17.2. The first-order chi connectivity index (χ1) is 14.8. The minimum absolute atomic E-state index is 0.119. The molecule has 1 aliphatic carbocycles. The van der Waals surface area contributed by atoms with Gasteiger partial charge in [-0.3, -0.25) is 4.79 Å². The number of halogens is 3. The van der Waals surface area contributed by atoms with Crippen LogP contribution in [-0.4, -0.2) is 16.9 Å². The average Bonchev–Trinajstić information content (AvgIpc) is 2.74. The number of carbonyl (C=O) groups excluding carboxylic acids is 1. The van der Waals surface area contributed by atoms with Gasteiger partial charge in [0.1, 0.15) is 5.82 Å². The SMILES string of the molecule is C[C@H]1CCCC[C@H]1NC(=O)c1cc(Nc2cccc(C(F)(F)F)c2)nc2ccccc12. The highest BCUT2D eigenvalue weighted by molar-refractivity contribution is 6.07. The van der Waals surface area contributed by atoms with Gasteiger partial charge in [-0.05, 0) is 49.1 Å². The molecular weight excluding hydrogens is 403 g/mol. The third-order valence-corrected chi connectivity index (χ3v) is 5.85. The van der Waals surface area contributed by atoms with Crippen LogP contribution in [0, 0.1) is 5.92 Å². The number of hydrogen-bond acceptors (Lipinski definition) is 3. The summed E-state index contributed by atoms with van der Waals surface area (Å²) in [5.74, 6) is 0.540. The van der Waals surface area contributed by atoms with E-state index in [1.165, 1.54) is 18.6 Å². The van der Waals surface area contributed by atoms with Gasteiger partial charge in [-0.2, -0.15) is 13.2 Å². The molecule has 0 aliphatic heterocycles. The summed E-state index contributed by atoms with van der Waals surface area (Å²) in [4.78, 5) is 17.6. The van der Waals surface area contributed by atoms with Gasteiger partial charge in [0.25, 0.3) is 5.91 Å². The fraction of sp³-hybridized carbons (Fsp3) is 0.333. The number of anilines is 2. The number of pyridine rings is 1. The summed E-state index contributed by atoms with van der Waals surface area (Å²) in [6, 6.07) is 13.9. The second-order valence-corrected chi connectivity index (χ2v) is 8.12. The van der Waals surface area contributed by atoms with Gasteiger partial charge in [-0.25, -0.2) is 4.98 Å². The van der Waals surface area contributed by atoms with Crippen LogP contribution in [0.4, 0.5) is 24.7 Å². The number of para-hydroxylation sites is 1. The molecule has 1 aromatic heterocycles. The van der Waals surface area contributed by atoms with Crippen LogP contribution in [0.2, 0.25) is 0 Å². The Kier molecular flexibility index (Phi) is 5.85. The molecule has 0 bridgehead atoms. The highest BCUT2D eigenvalue weighted by atomic mass is 19.4. The number of nitrogens with one attached hydrogen (secondary N) is 2. The van der Waals surface area contributed by atoms with Crippen molar-refractivity contribution in [2.24, 2.45) is 5.92 Å². The minimum Gasteiger partial charge on any atom is -0.349 e. The van der Waals surface area contributed by atoms with Gasteiger partial charge in [0.15, 0.2) is 0 Å². The van der Waals surface area contributed by atoms with Gasteiger partial charge < -0.3 is 10.6 Å². The maximum Gasteiger partial charge on any atom is 0.416 e. The van der Waals surface area contributed by atoms with Gasteiger partial charge in [-0.1, -0.05) is 44.0 Å². The third kappa shape index (κ3) is 4.81. The van der Waals surface area contributed by atoms with Crippen LogP contribution < -0.4 is 10.6 Å². The quantitative estimate of drug-likeness (QED) is 0.513. The maximum absolute atomic E-state index is 13.1. The Morgan fingerprint density at radius 1 is 1.03 bits per heavy atom. The van der Waals surface area contributed by atoms with E-state index in [4.69, 9.17) is 0 Å². The Morgan fingerprint density at radius 2 is 1.81 bits per heavy atom. The summed E-state index contributed by atoms with van der Waals surface area (Å²) >= 11 is 0. The lowest BCUT2D eigenvalue weighted by Gasteiger charge is -2.29. The molecule has 0 saturated heterocycles. The number of benzene rings is 2. The van der Waals surface area contributed by atoms with Gasteiger partial charge in [-0.15, -0.1) is 0 Å². The molecule has 3 aromatic rings. The molecule has 4 rings (SSSR count). The van der Waals surface area contributed by atoms with E-state index in [-0.39, 0.29) is 17.6 Å². The van der Waals surface area contributed by atoms with E-state index in [0.717, 1.165) is 31.4 Å². The highest BCUT2D eigenvalue weighted by Gasteiger charge is 2.30. The third-order valence-electron chi connectivity index (χ3n) is 5.85. The molecule has 0 spiro atoms. The molecule has 1 aliphatic rings. The molecule has 0 radical (unpaired) electrons. The molecule has 1 saturated carbocycles. The van der Waals surface area contributed by atoms with Crippen molar-refractivity contribution in [3.8, 4) is 0 Å². The first-order valence-corrected chi connectivity index (χ1v) is 10.5. The van der Waals surface area contributed by atoms with Crippen LogP contribution in [0.1, 0.15) is 48.5 Å². The van der Waals surface area contributed by atoms with E-state index in [9.17, 15) is 18.0 Å². The lowest BCUT2D eigenvalue weighted by molar-refractivity contribution is -0.137. The molecule has 31 heavy (non-hydrogen) atoms. The fourth-order valence-electron chi connectivity index (χ4n) is 4.13. The molecule has 2 N–H and O–H groups in total. The van der Waals surface area contributed by atoms with Crippen molar-refractivity contribution < 1.29 is 18.0 Å². The van der Waals surface area contributed by atoms with E-state index >= 15 is 0 Å². The van der Waals surface area contributed by atoms with E-state index < -0.39 is 11.7 Å². The second kappa shape index (κ2) is 8.57. The van der Waals surface area contributed by atoms with Gasteiger partial charge >= 0.3 is 6.18 Å². The van der Waals surface area contributed by atoms with Gasteiger partial charge in [0.05, 0.1) is 16.6 Å². The van der Waals surface area contributed by atoms with Crippen molar-refractivity contribution in [2.75, 3.05) is 5.32 Å². The van der Waals surface area contributed by atoms with Gasteiger partial charge in [0, 0.05) is 17.1 Å². The maximum atomic E-state index is 13.1. The topological polar surface area (TPSA) is 54.0 Å². The zero-order chi connectivity index (χ0) is 22.0. The molecule has 1 fully saturated rings. The number of nitrogens with zero attached hydrogens (tertiary/aromatic N) is 1. The number of rotatable bonds is 4. The van der Waals surface area contributed by atoms with E-state index in [0.29, 0.717) is 28.2 Å². The summed E-state index contributed by atoms with van der Waals surface area (Å²) < 4.78 is 39.1. The number of carbonyl (C=O) groups is 1. The van der Waals surface area contributed by atoms with E-state index in [1.54, 1.807) is 12.1 Å². The predicted octanol–water partition coefficient (Wildman–Crippen LogP) is 6.31. The summed E-state index contributed by atoms with van der Waals surface area (Å²) in [6.45, 7) is 2.15. The molecule has 4 nitrogen and oxygen atoms in total. The first kappa shape index (κ1) is 21.2. The van der Waals surface area contributed by atoms with Crippen LogP contribution >= 0.6 is 0 Å². The van der Waals surface area contributed by atoms with Crippen LogP contribution in [0.15, 0.2) is 54.6 Å². The molecule has 1 amide bonds. The zero-order valence-electron chi connectivity index (χ0n) is 17.2. The Bertz CT molecular complexity index is 1100. The lowest BCUT2D eigenvalue weighted by atomic mass is 9.86. The van der Waals surface area contributed by atoms with E-state index in [1.807, 2.05) is 18.2 Å². The fourth-order valence-corrected chi connectivity index (χ4v) is 4.13. The number of amides is 1. The molecule has 2 atom stereocenters. The second-order valence-electron chi connectivity index (χ2n) is 8.12. The number of alkyl halides is 3. The normalized spacial score (nSPS) is 19.2.